The van der Waals surface area contributed by atoms with Gasteiger partial charge in [-0.25, -0.2) is 4.98 Å². The summed E-state index contributed by atoms with van der Waals surface area (Å²) < 4.78 is 4.91. The Morgan fingerprint density at radius 2 is 2.20 bits per heavy atom. The first-order chi connectivity index (χ1) is 9.69. The van der Waals surface area contributed by atoms with Crippen LogP contribution < -0.4 is 5.32 Å². The highest BCUT2D eigenvalue weighted by Gasteiger charge is 2.08. The highest BCUT2D eigenvalue weighted by Crippen LogP contribution is 2.15. The summed E-state index contributed by atoms with van der Waals surface area (Å²) in [6, 6.07) is 0. The molecule has 0 aliphatic heterocycles. The summed E-state index contributed by atoms with van der Waals surface area (Å²) in [6.45, 7) is 10.7. The van der Waals surface area contributed by atoms with Gasteiger partial charge in [-0.3, -0.25) is 4.79 Å². The molecule has 0 aromatic carbocycles. The predicted molar refractivity (Wildman–Crippen MR) is 83.3 cm³/mol. The van der Waals surface area contributed by atoms with Crippen molar-refractivity contribution in [2.75, 3.05) is 38.1 Å². The van der Waals surface area contributed by atoms with Crippen LogP contribution in [0.1, 0.15) is 32.9 Å². The lowest BCUT2D eigenvalue weighted by Crippen LogP contribution is -2.29. The summed E-state index contributed by atoms with van der Waals surface area (Å²) in [6.07, 6.45) is 1.43. The first-order valence-electron chi connectivity index (χ1n) is 7.25. The van der Waals surface area contributed by atoms with Crippen molar-refractivity contribution < 1.29 is 9.53 Å². The van der Waals surface area contributed by atoms with Gasteiger partial charge in [0.2, 0.25) is 0 Å². The van der Waals surface area contributed by atoms with Crippen LogP contribution in [0.2, 0.25) is 0 Å². The van der Waals surface area contributed by atoms with Gasteiger partial charge in [0.05, 0.1) is 18.7 Å². The highest BCUT2D eigenvalue weighted by molar-refractivity contribution is 7.13. The van der Waals surface area contributed by atoms with Gasteiger partial charge in [0.15, 0.2) is 5.13 Å². The number of ether oxygens (including phenoxy) is 1. The van der Waals surface area contributed by atoms with Crippen LogP contribution in [0.25, 0.3) is 0 Å². The highest BCUT2D eigenvalue weighted by atomic mass is 32.1. The SMILES string of the molecule is CCCN(CC)CCNc1nc(CC(=O)OCC)cs1. The summed E-state index contributed by atoms with van der Waals surface area (Å²) in [5, 5.41) is 6.08. The molecular weight excluding hydrogens is 274 g/mol. The summed E-state index contributed by atoms with van der Waals surface area (Å²) in [7, 11) is 0. The van der Waals surface area contributed by atoms with Crippen LogP contribution in [-0.2, 0) is 16.0 Å². The average Bonchev–Trinajstić information content (AvgIpc) is 2.85. The number of hydrogen-bond donors (Lipinski definition) is 1. The van der Waals surface area contributed by atoms with E-state index in [2.05, 4.69) is 29.0 Å². The minimum absolute atomic E-state index is 0.218. The minimum atomic E-state index is -0.218. The molecule has 0 spiro atoms. The molecule has 1 rings (SSSR count). The number of thiazole rings is 1. The molecule has 0 aliphatic carbocycles. The molecule has 1 aromatic heterocycles. The first kappa shape index (κ1) is 16.9. The Labute approximate surface area is 125 Å². The van der Waals surface area contributed by atoms with Crippen LogP contribution in [-0.4, -0.2) is 48.6 Å². The van der Waals surface area contributed by atoms with E-state index in [1.165, 1.54) is 17.8 Å². The van der Waals surface area contributed by atoms with Crippen LogP contribution in [0.4, 0.5) is 5.13 Å². The Kier molecular flexibility index (Phi) is 8.22. The maximum Gasteiger partial charge on any atom is 0.311 e. The molecule has 0 saturated heterocycles. The third kappa shape index (κ3) is 6.34. The molecule has 0 aliphatic rings. The molecule has 6 heteroatoms. The molecule has 114 valence electrons. The number of nitrogens with one attached hydrogen (secondary N) is 1. The van der Waals surface area contributed by atoms with E-state index in [0.717, 1.165) is 37.0 Å². The number of esters is 1. The number of likely N-dealkylation sites (N-methyl/N-ethyl adjacent to an activating group) is 1. The Morgan fingerprint density at radius 3 is 2.85 bits per heavy atom. The molecule has 0 unspecified atom stereocenters. The lowest BCUT2D eigenvalue weighted by Gasteiger charge is -2.19. The van der Waals surface area contributed by atoms with Crippen molar-refractivity contribution >= 4 is 22.4 Å². The number of rotatable bonds is 10. The number of carbonyl (C=O) groups is 1. The van der Waals surface area contributed by atoms with Crippen molar-refractivity contribution in [3.63, 3.8) is 0 Å². The van der Waals surface area contributed by atoms with E-state index < -0.39 is 0 Å². The van der Waals surface area contributed by atoms with E-state index in [-0.39, 0.29) is 12.4 Å². The molecule has 0 radical (unpaired) electrons. The maximum atomic E-state index is 11.4. The van der Waals surface area contributed by atoms with Crippen molar-refractivity contribution in [2.24, 2.45) is 0 Å². The fraction of sp³-hybridized carbons (Fsp3) is 0.714. The van der Waals surface area contributed by atoms with Crippen LogP contribution in [0.3, 0.4) is 0 Å². The maximum absolute atomic E-state index is 11.4. The topological polar surface area (TPSA) is 54.5 Å². The molecule has 0 amide bonds. The predicted octanol–water partition coefficient (Wildman–Crippen LogP) is 2.39. The molecule has 5 nitrogen and oxygen atoms in total. The molecule has 0 atom stereocenters. The van der Waals surface area contributed by atoms with E-state index in [4.69, 9.17) is 4.74 Å². The number of aromatic nitrogens is 1. The zero-order valence-corrected chi connectivity index (χ0v) is 13.5. The second-order valence-corrected chi connectivity index (χ2v) is 5.34. The number of anilines is 1. The zero-order chi connectivity index (χ0) is 14.8. The van der Waals surface area contributed by atoms with Crippen molar-refractivity contribution in [1.29, 1.82) is 0 Å². The minimum Gasteiger partial charge on any atom is -0.466 e. The van der Waals surface area contributed by atoms with Gasteiger partial charge in [0.1, 0.15) is 0 Å². The fourth-order valence-corrected chi connectivity index (χ4v) is 2.63. The van der Waals surface area contributed by atoms with Crippen molar-refractivity contribution in [3.05, 3.63) is 11.1 Å². The van der Waals surface area contributed by atoms with E-state index >= 15 is 0 Å². The van der Waals surface area contributed by atoms with Gasteiger partial charge in [-0.2, -0.15) is 0 Å². The molecular formula is C14H25N3O2S. The van der Waals surface area contributed by atoms with Crippen LogP contribution in [0.5, 0.6) is 0 Å². The molecule has 0 bridgehead atoms. The van der Waals surface area contributed by atoms with E-state index in [1.807, 2.05) is 12.3 Å². The average molecular weight is 299 g/mol. The summed E-state index contributed by atoms with van der Waals surface area (Å²) >= 11 is 1.53. The zero-order valence-electron chi connectivity index (χ0n) is 12.6. The van der Waals surface area contributed by atoms with E-state index in [0.29, 0.717) is 6.61 Å². The van der Waals surface area contributed by atoms with Crippen LogP contribution in [0.15, 0.2) is 5.38 Å². The Balaban J connectivity index is 2.31. The molecule has 1 aromatic rings. The van der Waals surface area contributed by atoms with Crippen LogP contribution >= 0.6 is 11.3 Å². The fourth-order valence-electron chi connectivity index (χ4n) is 1.89. The normalized spacial score (nSPS) is 10.8. The lowest BCUT2D eigenvalue weighted by molar-refractivity contribution is -0.142. The summed E-state index contributed by atoms with van der Waals surface area (Å²) in [4.78, 5) is 18.1. The standard InChI is InChI=1S/C14H25N3O2S/c1-4-8-17(5-2)9-7-15-14-16-12(11-20-14)10-13(18)19-6-3/h11H,4-10H2,1-3H3,(H,15,16). The van der Waals surface area contributed by atoms with Gasteiger partial charge in [0.25, 0.3) is 0 Å². The third-order valence-corrected chi connectivity index (χ3v) is 3.72. The molecule has 1 N–H and O–H groups in total. The summed E-state index contributed by atoms with van der Waals surface area (Å²) in [5.74, 6) is -0.218. The Morgan fingerprint density at radius 1 is 1.40 bits per heavy atom. The number of hydrogen-bond acceptors (Lipinski definition) is 6. The van der Waals surface area contributed by atoms with Crippen LogP contribution in [0, 0.1) is 0 Å². The second kappa shape index (κ2) is 9.72. The monoisotopic (exact) mass is 299 g/mol. The Hall–Kier alpha value is -1.14. The van der Waals surface area contributed by atoms with Gasteiger partial charge >= 0.3 is 5.97 Å². The van der Waals surface area contributed by atoms with Gasteiger partial charge in [-0.15, -0.1) is 11.3 Å². The van der Waals surface area contributed by atoms with Crippen molar-refractivity contribution in [1.82, 2.24) is 9.88 Å². The van der Waals surface area contributed by atoms with Gasteiger partial charge in [-0.05, 0) is 26.4 Å². The Bertz CT molecular complexity index is 396. The van der Waals surface area contributed by atoms with Gasteiger partial charge in [0, 0.05) is 18.5 Å². The number of carbonyl (C=O) groups excluding carboxylic acids is 1. The van der Waals surface area contributed by atoms with Gasteiger partial charge < -0.3 is 15.0 Å². The second-order valence-electron chi connectivity index (χ2n) is 4.49. The lowest BCUT2D eigenvalue weighted by atomic mass is 10.3. The smallest absolute Gasteiger partial charge is 0.311 e. The van der Waals surface area contributed by atoms with E-state index in [1.54, 1.807) is 0 Å². The molecule has 1 heterocycles. The molecule has 0 fully saturated rings. The molecule has 0 saturated carbocycles. The third-order valence-electron chi connectivity index (χ3n) is 2.87. The van der Waals surface area contributed by atoms with E-state index in [9.17, 15) is 4.79 Å². The van der Waals surface area contributed by atoms with Crippen molar-refractivity contribution in [3.8, 4) is 0 Å². The van der Waals surface area contributed by atoms with Crippen molar-refractivity contribution in [2.45, 2.75) is 33.6 Å². The quantitative estimate of drug-likeness (QED) is 0.672. The first-order valence-corrected chi connectivity index (χ1v) is 8.13. The van der Waals surface area contributed by atoms with Gasteiger partial charge in [-0.1, -0.05) is 13.8 Å². The summed E-state index contributed by atoms with van der Waals surface area (Å²) in [5.41, 5.74) is 0.775. The molecule has 20 heavy (non-hydrogen) atoms. The number of nitrogens with zero attached hydrogens (tertiary/aromatic N) is 2. The largest absolute Gasteiger partial charge is 0.466 e.